The zero-order valence-corrected chi connectivity index (χ0v) is 19.4. The lowest BCUT2D eigenvalue weighted by Gasteiger charge is -2.32. The molecule has 1 aromatic heterocycles. The first-order valence-corrected chi connectivity index (χ1v) is 11.5. The van der Waals surface area contributed by atoms with E-state index in [-0.39, 0.29) is 17.3 Å². The second-order valence-electron chi connectivity index (χ2n) is 8.51. The Balaban J connectivity index is 1.71. The number of H-pyrrole nitrogens is 1. The molecule has 3 heterocycles. The highest BCUT2D eigenvalue weighted by atomic mass is 16.5. The molecule has 0 unspecified atom stereocenters. The van der Waals surface area contributed by atoms with Crippen molar-refractivity contribution in [1.29, 1.82) is 5.26 Å². The van der Waals surface area contributed by atoms with E-state index in [1.807, 2.05) is 24.3 Å². The van der Waals surface area contributed by atoms with Crippen LogP contribution in [0, 0.1) is 11.3 Å². The summed E-state index contributed by atoms with van der Waals surface area (Å²) in [7, 11) is 0. The van der Waals surface area contributed by atoms with Gasteiger partial charge in [-0.05, 0) is 36.8 Å². The first-order valence-electron chi connectivity index (χ1n) is 11.5. The molecule has 1 amide bonds. The minimum absolute atomic E-state index is 0.0464. The first kappa shape index (κ1) is 23.0. The van der Waals surface area contributed by atoms with Crippen molar-refractivity contribution in [2.75, 3.05) is 18.1 Å². The van der Waals surface area contributed by atoms with Crippen LogP contribution in [0.25, 0.3) is 11.3 Å². The summed E-state index contributed by atoms with van der Waals surface area (Å²) in [6.07, 6.45) is 1.96. The Morgan fingerprint density at radius 1 is 1.28 bits per heavy atom. The predicted molar refractivity (Wildman–Crippen MR) is 129 cm³/mol. The Labute approximate surface area is 206 Å². The van der Waals surface area contributed by atoms with Crippen LogP contribution in [0.5, 0.6) is 11.6 Å². The number of amides is 1. The number of fused-ring (bicyclic) bond motifs is 4. The Kier molecular flexibility index (Phi) is 5.60. The number of anilines is 1. The van der Waals surface area contributed by atoms with E-state index in [0.717, 1.165) is 17.7 Å². The molecule has 36 heavy (non-hydrogen) atoms. The number of ether oxygens (including phenoxy) is 2. The molecule has 10 nitrogen and oxygen atoms in total. The molecule has 4 N–H and O–H groups in total. The van der Waals surface area contributed by atoms with Gasteiger partial charge in [0.25, 0.3) is 0 Å². The van der Waals surface area contributed by atoms with Gasteiger partial charge in [-0.15, -0.1) is 5.10 Å². The maximum absolute atomic E-state index is 14.1. The maximum Gasteiger partial charge on any atom is 0.323 e. The van der Waals surface area contributed by atoms with Crippen molar-refractivity contribution in [2.24, 2.45) is 5.73 Å². The third-order valence-corrected chi connectivity index (χ3v) is 6.42. The van der Waals surface area contributed by atoms with E-state index in [2.05, 4.69) is 23.2 Å². The summed E-state index contributed by atoms with van der Waals surface area (Å²) < 4.78 is 11.4. The molecule has 2 aromatic carbocycles. The van der Waals surface area contributed by atoms with Crippen LogP contribution in [-0.2, 0) is 15.0 Å². The molecule has 0 fully saturated rings. The summed E-state index contributed by atoms with van der Waals surface area (Å²) in [5.41, 5.74) is 6.52. The van der Waals surface area contributed by atoms with Gasteiger partial charge in [-0.3, -0.25) is 19.6 Å². The number of hydrogen-bond donors (Lipinski definition) is 3. The van der Waals surface area contributed by atoms with Crippen molar-refractivity contribution < 1.29 is 24.2 Å². The van der Waals surface area contributed by atoms with E-state index in [0.29, 0.717) is 40.4 Å². The monoisotopic (exact) mass is 485 g/mol. The lowest BCUT2D eigenvalue weighted by atomic mass is 9.68. The summed E-state index contributed by atoms with van der Waals surface area (Å²) in [5.74, 6) is -1.32. The summed E-state index contributed by atoms with van der Waals surface area (Å²) in [6, 6.07) is 16.1. The summed E-state index contributed by atoms with van der Waals surface area (Å²) >= 11 is 0. The van der Waals surface area contributed by atoms with Crippen molar-refractivity contribution in [3.63, 3.8) is 0 Å². The molecule has 0 radical (unpaired) electrons. The van der Waals surface area contributed by atoms with E-state index >= 15 is 0 Å². The lowest BCUT2D eigenvalue weighted by Crippen LogP contribution is -2.47. The standard InChI is InChI=1S/C26H23N5O5/c1-2-3-12-35-16-10-8-15(9-11-16)22-21-24(30-29-22)36-23(28)18(13-27)26(21)17-6-4-5-7-19(17)31(25(26)34)14-20(32)33/h4-11H,2-3,12,14,28H2,1H3,(H,29,30)(H,32,33)/t26-/m1/s1. The van der Waals surface area contributed by atoms with Crippen molar-refractivity contribution in [3.8, 4) is 29.0 Å². The highest BCUT2D eigenvalue weighted by Gasteiger charge is 2.61. The fourth-order valence-corrected chi connectivity index (χ4v) is 4.84. The molecule has 2 aliphatic rings. The van der Waals surface area contributed by atoms with Gasteiger partial charge < -0.3 is 20.3 Å². The number of carbonyl (C=O) groups excluding carboxylic acids is 1. The van der Waals surface area contributed by atoms with Gasteiger partial charge in [0.15, 0.2) is 0 Å². The van der Waals surface area contributed by atoms with Crippen molar-refractivity contribution in [3.05, 3.63) is 71.1 Å². The number of carboxylic acids is 1. The molecule has 1 atom stereocenters. The molecule has 0 bridgehead atoms. The predicted octanol–water partition coefficient (Wildman–Crippen LogP) is 3.06. The summed E-state index contributed by atoms with van der Waals surface area (Å²) in [6.45, 7) is 2.11. The van der Waals surface area contributed by atoms with E-state index in [4.69, 9.17) is 15.2 Å². The van der Waals surface area contributed by atoms with Gasteiger partial charge in [0.2, 0.25) is 17.7 Å². The van der Waals surface area contributed by atoms with Crippen molar-refractivity contribution in [2.45, 2.75) is 25.2 Å². The van der Waals surface area contributed by atoms with Crippen LogP contribution in [0.1, 0.15) is 30.9 Å². The van der Waals surface area contributed by atoms with Crippen LogP contribution in [-0.4, -0.2) is 40.3 Å². The van der Waals surface area contributed by atoms with E-state index in [1.165, 1.54) is 0 Å². The highest BCUT2D eigenvalue weighted by molar-refractivity contribution is 6.16. The zero-order chi connectivity index (χ0) is 25.4. The number of aromatic nitrogens is 2. The number of nitrogens with one attached hydrogen (secondary N) is 1. The molecule has 0 saturated carbocycles. The molecule has 10 heteroatoms. The minimum Gasteiger partial charge on any atom is -0.494 e. The number of hydrogen-bond acceptors (Lipinski definition) is 7. The largest absolute Gasteiger partial charge is 0.494 e. The second-order valence-corrected chi connectivity index (χ2v) is 8.51. The normalized spacial score (nSPS) is 18.0. The van der Waals surface area contributed by atoms with Crippen LogP contribution < -0.4 is 20.1 Å². The average Bonchev–Trinajstić information content (AvgIpc) is 3.39. The number of rotatable bonds is 7. The molecule has 3 aromatic rings. The lowest BCUT2D eigenvalue weighted by molar-refractivity contribution is -0.136. The molecule has 5 rings (SSSR count). The number of para-hydroxylation sites is 1. The molecule has 182 valence electrons. The number of benzene rings is 2. The van der Waals surface area contributed by atoms with Crippen LogP contribution in [0.4, 0.5) is 5.69 Å². The third kappa shape index (κ3) is 3.28. The average molecular weight is 486 g/mol. The molecular formula is C26H23N5O5. The van der Waals surface area contributed by atoms with Gasteiger partial charge in [0, 0.05) is 16.8 Å². The topological polar surface area (TPSA) is 155 Å². The number of unbranched alkanes of at least 4 members (excludes halogenated alkanes) is 1. The van der Waals surface area contributed by atoms with Gasteiger partial charge in [0.1, 0.15) is 29.4 Å². The van der Waals surface area contributed by atoms with Gasteiger partial charge in [0.05, 0.1) is 17.9 Å². The molecular weight excluding hydrogens is 462 g/mol. The van der Waals surface area contributed by atoms with E-state index < -0.39 is 23.8 Å². The molecule has 2 aliphatic heterocycles. The van der Waals surface area contributed by atoms with E-state index in [1.54, 1.807) is 24.3 Å². The molecule has 0 saturated heterocycles. The van der Waals surface area contributed by atoms with Gasteiger partial charge in [-0.1, -0.05) is 31.5 Å². The number of carbonyl (C=O) groups is 2. The quantitative estimate of drug-likeness (QED) is 0.431. The Bertz CT molecular complexity index is 1440. The Morgan fingerprint density at radius 3 is 2.72 bits per heavy atom. The van der Waals surface area contributed by atoms with Crippen LogP contribution in [0.2, 0.25) is 0 Å². The molecule has 0 aliphatic carbocycles. The fourth-order valence-electron chi connectivity index (χ4n) is 4.84. The Hall–Kier alpha value is -4.78. The number of nitrogens with zero attached hydrogens (tertiary/aromatic N) is 3. The fraction of sp³-hybridized carbons (Fsp3) is 0.231. The van der Waals surface area contributed by atoms with Gasteiger partial charge in [-0.25, -0.2) is 0 Å². The number of aliphatic carboxylic acids is 1. The SMILES string of the molecule is CCCCOc1ccc(-c2[nH]nc3c2[C@]2(C(=O)N(CC(=O)O)c4ccccc42)C(C#N)=C(N)O3)cc1. The summed E-state index contributed by atoms with van der Waals surface area (Å²) in [5, 5.41) is 26.9. The number of nitriles is 1. The zero-order valence-electron chi connectivity index (χ0n) is 19.4. The van der Waals surface area contributed by atoms with Gasteiger partial charge >= 0.3 is 5.97 Å². The molecule has 1 spiro atoms. The second kappa shape index (κ2) is 8.78. The van der Waals surface area contributed by atoms with Crippen LogP contribution in [0.3, 0.4) is 0 Å². The number of nitrogens with two attached hydrogens (primary N) is 1. The van der Waals surface area contributed by atoms with E-state index in [9.17, 15) is 20.0 Å². The Morgan fingerprint density at radius 2 is 2.03 bits per heavy atom. The highest BCUT2D eigenvalue weighted by Crippen LogP contribution is 2.56. The number of aromatic amines is 1. The smallest absolute Gasteiger partial charge is 0.323 e. The van der Waals surface area contributed by atoms with Crippen molar-refractivity contribution >= 4 is 17.6 Å². The first-order chi connectivity index (χ1) is 17.4. The van der Waals surface area contributed by atoms with Crippen LogP contribution in [0.15, 0.2) is 60.0 Å². The number of carboxylic acid groups (broad SMARTS) is 1. The third-order valence-electron chi connectivity index (χ3n) is 6.42. The summed E-state index contributed by atoms with van der Waals surface area (Å²) in [4.78, 5) is 26.9. The minimum atomic E-state index is -1.73. The van der Waals surface area contributed by atoms with Crippen molar-refractivity contribution in [1.82, 2.24) is 10.2 Å². The van der Waals surface area contributed by atoms with Gasteiger partial charge in [-0.2, -0.15) is 5.26 Å². The maximum atomic E-state index is 14.1. The van der Waals surface area contributed by atoms with Crippen LogP contribution >= 0.6 is 0 Å².